The van der Waals surface area contributed by atoms with E-state index in [1.807, 2.05) is 6.92 Å². The molecule has 0 aliphatic rings. The number of benzene rings is 2. The highest BCUT2D eigenvalue weighted by atomic mass is 35.5. The molecule has 0 heterocycles. The lowest BCUT2D eigenvalue weighted by Gasteiger charge is -2.13. The normalized spacial score (nSPS) is 12.2. The minimum atomic E-state index is -0.446. The van der Waals surface area contributed by atoms with Gasteiger partial charge >= 0.3 is 0 Å². The Bertz CT molecular complexity index is 628. The molecule has 2 aromatic carbocycles. The molecule has 0 amide bonds. The van der Waals surface area contributed by atoms with E-state index in [4.69, 9.17) is 11.6 Å². The molecule has 1 unspecified atom stereocenters. The van der Waals surface area contributed by atoms with Gasteiger partial charge in [0.25, 0.3) is 5.69 Å². The summed E-state index contributed by atoms with van der Waals surface area (Å²) in [7, 11) is 0. The van der Waals surface area contributed by atoms with Gasteiger partial charge in [-0.2, -0.15) is 0 Å². The molecule has 0 saturated heterocycles. The first-order valence-electron chi connectivity index (χ1n) is 6.11. The van der Waals surface area contributed by atoms with Crippen molar-refractivity contribution in [3.63, 3.8) is 0 Å². The number of halogens is 2. The SMILES string of the molecule is Cc1ccc(F)cc1C(Cl)Cc1ccc([N+](=O)[O-])cc1. The summed E-state index contributed by atoms with van der Waals surface area (Å²) in [5, 5.41) is 10.2. The van der Waals surface area contributed by atoms with Gasteiger partial charge in [-0.25, -0.2) is 4.39 Å². The Morgan fingerprint density at radius 3 is 2.50 bits per heavy atom. The van der Waals surface area contributed by atoms with Crippen molar-refractivity contribution < 1.29 is 9.31 Å². The van der Waals surface area contributed by atoms with Gasteiger partial charge in [-0.3, -0.25) is 10.1 Å². The molecule has 1 atom stereocenters. The largest absolute Gasteiger partial charge is 0.269 e. The van der Waals surface area contributed by atoms with Gasteiger partial charge in [0.05, 0.1) is 10.3 Å². The van der Waals surface area contributed by atoms with E-state index in [1.54, 1.807) is 18.2 Å². The van der Waals surface area contributed by atoms with E-state index in [0.717, 1.165) is 16.7 Å². The van der Waals surface area contributed by atoms with Crippen molar-refractivity contribution in [3.05, 3.63) is 75.1 Å². The Balaban J connectivity index is 2.16. The zero-order chi connectivity index (χ0) is 14.7. The average molecular weight is 294 g/mol. The second-order valence-electron chi connectivity index (χ2n) is 4.60. The monoisotopic (exact) mass is 293 g/mol. The minimum absolute atomic E-state index is 0.0433. The van der Waals surface area contributed by atoms with Crippen LogP contribution in [0.2, 0.25) is 0 Å². The van der Waals surface area contributed by atoms with Crippen molar-refractivity contribution in [2.45, 2.75) is 18.7 Å². The lowest BCUT2D eigenvalue weighted by molar-refractivity contribution is -0.384. The van der Waals surface area contributed by atoms with Crippen molar-refractivity contribution in [2.24, 2.45) is 0 Å². The van der Waals surface area contributed by atoms with Crippen LogP contribution in [0.1, 0.15) is 22.1 Å². The Hall–Kier alpha value is -1.94. The van der Waals surface area contributed by atoms with Gasteiger partial charge in [-0.1, -0.05) is 18.2 Å². The van der Waals surface area contributed by atoms with E-state index < -0.39 is 4.92 Å². The first-order chi connectivity index (χ1) is 9.47. The molecular weight excluding hydrogens is 281 g/mol. The van der Waals surface area contributed by atoms with Gasteiger partial charge in [0.2, 0.25) is 0 Å². The Morgan fingerprint density at radius 2 is 1.90 bits per heavy atom. The fourth-order valence-corrected chi connectivity index (χ4v) is 2.43. The third kappa shape index (κ3) is 3.33. The standard InChI is InChI=1S/C15H13ClFNO2/c1-10-2-5-12(17)9-14(10)15(16)8-11-3-6-13(7-4-11)18(19)20/h2-7,9,15H,8H2,1H3. The van der Waals surface area contributed by atoms with Crippen LogP contribution in [0.15, 0.2) is 42.5 Å². The zero-order valence-corrected chi connectivity index (χ0v) is 11.6. The summed E-state index contributed by atoms with van der Waals surface area (Å²) in [6.07, 6.45) is 0.490. The van der Waals surface area contributed by atoms with Gasteiger partial charge in [0.15, 0.2) is 0 Å². The highest BCUT2D eigenvalue weighted by Crippen LogP contribution is 2.28. The summed E-state index contributed by atoms with van der Waals surface area (Å²) >= 11 is 6.32. The smallest absolute Gasteiger partial charge is 0.258 e. The maximum atomic E-state index is 13.3. The van der Waals surface area contributed by atoms with Crippen molar-refractivity contribution >= 4 is 17.3 Å². The van der Waals surface area contributed by atoms with E-state index >= 15 is 0 Å². The molecule has 0 aliphatic carbocycles. The molecule has 0 aliphatic heterocycles. The average Bonchev–Trinajstić information content (AvgIpc) is 2.42. The molecule has 0 saturated carbocycles. The highest BCUT2D eigenvalue weighted by Gasteiger charge is 2.13. The first kappa shape index (κ1) is 14.5. The second kappa shape index (κ2) is 6.01. The number of non-ortho nitro benzene ring substituents is 1. The molecule has 3 nitrogen and oxygen atoms in total. The number of aryl methyl sites for hydroxylation is 1. The third-order valence-electron chi connectivity index (χ3n) is 3.14. The molecular formula is C15H13ClFNO2. The predicted octanol–water partition coefficient (Wildman–Crippen LogP) is 4.56. The molecule has 2 aromatic rings. The number of nitrogens with zero attached hydrogens (tertiary/aromatic N) is 1. The van der Waals surface area contributed by atoms with Crippen molar-refractivity contribution in [2.75, 3.05) is 0 Å². The molecule has 0 bridgehead atoms. The van der Waals surface area contributed by atoms with Gasteiger partial charge in [-0.05, 0) is 42.2 Å². The Morgan fingerprint density at radius 1 is 1.25 bits per heavy atom. The number of hydrogen-bond donors (Lipinski definition) is 0. The van der Waals surface area contributed by atoms with Crippen LogP contribution in [0.25, 0.3) is 0 Å². The van der Waals surface area contributed by atoms with Crippen molar-refractivity contribution in [1.82, 2.24) is 0 Å². The molecule has 0 fully saturated rings. The van der Waals surface area contributed by atoms with Crippen LogP contribution in [0.4, 0.5) is 10.1 Å². The topological polar surface area (TPSA) is 43.1 Å². The molecule has 0 aromatic heterocycles. The molecule has 20 heavy (non-hydrogen) atoms. The predicted molar refractivity (Wildman–Crippen MR) is 76.5 cm³/mol. The molecule has 0 radical (unpaired) electrons. The lowest BCUT2D eigenvalue weighted by Crippen LogP contribution is -1.99. The lowest BCUT2D eigenvalue weighted by atomic mass is 10.00. The van der Waals surface area contributed by atoms with Crippen LogP contribution in [-0.4, -0.2) is 4.92 Å². The fraction of sp³-hybridized carbons (Fsp3) is 0.200. The molecule has 104 valence electrons. The van der Waals surface area contributed by atoms with E-state index in [1.165, 1.54) is 24.3 Å². The number of rotatable bonds is 4. The van der Waals surface area contributed by atoms with E-state index in [-0.39, 0.29) is 16.9 Å². The molecule has 5 heteroatoms. The van der Waals surface area contributed by atoms with Gasteiger partial charge in [0, 0.05) is 12.1 Å². The summed E-state index contributed by atoms with van der Waals surface area (Å²) in [5.41, 5.74) is 2.58. The summed E-state index contributed by atoms with van der Waals surface area (Å²) in [5.74, 6) is -0.319. The number of alkyl halides is 1. The van der Waals surface area contributed by atoms with E-state index in [2.05, 4.69) is 0 Å². The highest BCUT2D eigenvalue weighted by molar-refractivity contribution is 6.21. The van der Waals surface area contributed by atoms with Crippen LogP contribution < -0.4 is 0 Å². The first-order valence-corrected chi connectivity index (χ1v) is 6.54. The quantitative estimate of drug-likeness (QED) is 0.471. The molecule has 0 N–H and O–H groups in total. The summed E-state index contributed by atoms with van der Waals surface area (Å²) in [4.78, 5) is 10.1. The maximum absolute atomic E-state index is 13.3. The Kier molecular flexibility index (Phi) is 4.35. The van der Waals surface area contributed by atoms with Crippen LogP contribution in [0, 0.1) is 22.9 Å². The zero-order valence-electron chi connectivity index (χ0n) is 10.8. The number of nitro benzene ring substituents is 1. The number of hydrogen-bond acceptors (Lipinski definition) is 2. The van der Waals surface area contributed by atoms with E-state index in [0.29, 0.717) is 6.42 Å². The number of nitro groups is 1. The van der Waals surface area contributed by atoms with Gasteiger partial charge in [-0.15, -0.1) is 11.6 Å². The van der Waals surface area contributed by atoms with Gasteiger partial charge in [0.1, 0.15) is 5.82 Å². The van der Waals surface area contributed by atoms with Gasteiger partial charge < -0.3 is 0 Å². The molecule has 2 rings (SSSR count). The molecule has 0 spiro atoms. The van der Waals surface area contributed by atoms with Crippen molar-refractivity contribution in [1.29, 1.82) is 0 Å². The maximum Gasteiger partial charge on any atom is 0.269 e. The second-order valence-corrected chi connectivity index (χ2v) is 5.12. The Labute approximate surface area is 121 Å². The van der Waals surface area contributed by atoms with Crippen molar-refractivity contribution in [3.8, 4) is 0 Å². The summed E-state index contributed by atoms with van der Waals surface area (Å²) in [6, 6.07) is 10.7. The third-order valence-corrected chi connectivity index (χ3v) is 3.53. The van der Waals surface area contributed by atoms with Crippen LogP contribution in [0.3, 0.4) is 0 Å². The van der Waals surface area contributed by atoms with Crippen LogP contribution in [0.5, 0.6) is 0 Å². The van der Waals surface area contributed by atoms with E-state index in [9.17, 15) is 14.5 Å². The van der Waals surface area contributed by atoms with Crippen LogP contribution >= 0.6 is 11.6 Å². The van der Waals surface area contributed by atoms with Crippen LogP contribution in [-0.2, 0) is 6.42 Å². The summed E-state index contributed by atoms with van der Waals surface area (Å²) in [6.45, 7) is 1.87. The minimum Gasteiger partial charge on any atom is -0.258 e. The fourth-order valence-electron chi connectivity index (χ4n) is 2.02. The summed E-state index contributed by atoms with van der Waals surface area (Å²) < 4.78 is 13.3.